The number of nitrogens with one attached hydrogen (secondary N) is 2. The van der Waals surface area contributed by atoms with Crippen LogP contribution in [0.1, 0.15) is 13.3 Å². The molecule has 0 spiro atoms. The van der Waals surface area contributed by atoms with Crippen molar-refractivity contribution in [2.45, 2.75) is 18.2 Å². The van der Waals surface area contributed by atoms with Crippen LogP contribution in [0, 0.1) is 0 Å². The zero-order valence-electron chi connectivity index (χ0n) is 13.5. The van der Waals surface area contributed by atoms with Crippen LogP contribution in [0.2, 0.25) is 5.02 Å². The quantitative estimate of drug-likeness (QED) is 0.805. The van der Waals surface area contributed by atoms with Crippen LogP contribution >= 0.6 is 11.6 Å². The number of para-hydroxylation sites is 1. The fraction of sp³-hybridized carbons (Fsp3) is 0.176. The Morgan fingerprint density at radius 1 is 1.00 bits per heavy atom. The van der Waals surface area contributed by atoms with Crippen molar-refractivity contribution in [3.63, 3.8) is 0 Å². The summed E-state index contributed by atoms with van der Waals surface area (Å²) in [5.41, 5.74) is 0.939. The molecule has 2 aromatic rings. The summed E-state index contributed by atoms with van der Waals surface area (Å²) < 4.78 is 24.6. The number of amides is 2. The molecule has 0 unspecified atom stereocenters. The number of carbonyl (C=O) groups excluding carboxylic acids is 2. The first-order valence-electron chi connectivity index (χ1n) is 7.43. The number of anilines is 2. The molecule has 2 aromatic carbocycles. The molecule has 2 N–H and O–H groups in total. The summed E-state index contributed by atoms with van der Waals surface area (Å²) in [7, 11) is -3.61. The predicted molar refractivity (Wildman–Crippen MR) is 97.5 cm³/mol. The fourth-order valence-electron chi connectivity index (χ4n) is 2.07. The van der Waals surface area contributed by atoms with Crippen LogP contribution in [0.15, 0.2) is 53.4 Å². The predicted octanol–water partition coefficient (Wildman–Crippen LogP) is 3.10. The van der Waals surface area contributed by atoms with Crippen LogP contribution in [-0.2, 0) is 19.4 Å². The molecule has 0 aromatic heterocycles. The van der Waals surface area contributed by atoms with Gasteiger partial charge < -0.3 is 10.6 Å². The van der Waals surface area contributed by atoms with Gasteiger partial charge in [-0.2, -0.15) is 0 Å². The molecule has 0 saturated heterocycles. The minimum Gasteiger partial charge on any atom is -0.326 e. The third kappa shape index (κ3) is 5.58. The molecule has 0 radical (unpaired) electrons. The van der Waals surface area contributed by atoms with Crippen LogP contribution in [0.3, 0.4) is 0 Å². The Balaban J connectivity index is 1.98. The second-order valence-electron chi connectivity index (χ2n) is 5.30. The molecule has 6 nitrogen and oxygen atoms in total. The molecular formula is C17H17ClN2O4S. The zero-order valence-corrected chi connectivity index (χ0v) is 15.0. The number of benzene rings is 2. The van der Waals surface area contributed by atoms with Gasteiger partial charge in [0.15, 0.2) is 9.84 Å². The fourth-order valence-corrected chi connectivity index (χ4v) is 3.49. The summed E-state index contributed by atoms with van der Waals surface area (Å²) in [5.74, 6) is -1.01. The van der Waals surface area contributed by atoms with Gasteiger partial charge >= 0.3 is 0 Å². The summed E-state index contributed by atoms with van der Waals surface area (Å²) in [4.78, 5) is 23.0. The Kier molecular flexibility index (Phi) is 6.17. The molecule has 0 atom stereocenters. The van der Waals surface area contributed by atoms with Gasteiger partial charge in [0, 0.05) is 19.0 Å². The van der Waals surface area contributed by atoms with Gasteiger partial charge in [-0.15, -0.1) is 0 Å². The first-order chi connectivity index (χ1) is 11.8. The molecular weight excluding hydrogens is 364 g/mol. The summed E-state index contributed by atoms with van der Waals surface area (Å²) in [6.07, 6.45) is -0.193. The Bertz CT molecular complexity index is 880. The van der Waals surface area contributed by atoms with Crippen LogP contribution in [0.5, 0.6) is 0 Å². The number of rotatable bonds is 6. The lowest BCUT2D eigenvalue weighted by Crippen LogP contribution is -2.17. The van der Waals surface area contributed by atoms with Crippen LogP contribution in [0.4, 0.5) is 11.4 Å². The minimum absolute atomic E-state index is 0.0899. The summed E-state index contributed by atoms with van der Waals surface area (Å²) in [5, 5.41) is 5.52. The van der Waals surface area contributed by atoms with E-state index in [-0.39, 0.29) is 23.0 Å². The van der Waals surface area contributed by atoms with Crippen LogP contribution in [-0.4, -0.2) is 26.0 Å². The van der Waals surface area contributed by atoms with Gasteiger partial charge in [0.25, 0.3) is 0 Å². The molecule has 0 aliphatic rings. The highest BCUT2D eigenvalue weighted by Gasteiger charge is 2.17. The molecule has 0 bridgehead atoms. The second-order valence-corrected chi connectivity index (χ2v) is 7.82. The van der Waals surface area contributed by atoms with Crippen LogP contribution in [0.25, 0.3) is 0 Å². The third-order valence-corrected chi connectivity index (χ3v) is 5.34. The lowest BCUT2D eigenvalue weighted by molar-refractivity contribution is -0.116. The SMILES string of the molecule is CC(=O)Nc1ccc(S(=O)(=O)CCC(=O)Nc2ccccc2Cl)cc1. The zero-order chi connectivity index (χ0) is 18.4. The topological polar surface area (TPSA) is 92.3 Å². The Hall–Kier alpha value is -2.38. The number of hydrogen-bond acceptors (Lipinski definition) is 4. The lowest BCUT2D eigenvalue weighted by atomic mass is 10.3. The maximum absolute atomic E-state index is 12.3. The molecule has 0 aliphatic carbocycles. The van der Waals surface area contributed by atoms with Gasteiger partial charge in [0.2, 0.25) is 11.8 Å². The second kappa shape index (κ2) is 8.13. The van der Waals surface area contributed by atoms with E-state index in [0.717, 1.165) is 0 Å². The van der Waals surface area contributed by atoms with E-state index in [2.05, 4.69) is 10.6 Å². The van der Waals surface area contributed by atoms with Crippen molar-refractivity contribution < 1.29 is 18.0 Å². The Labute approximate surface area is 151 Å². The number of hydrogen-bond donors (Lipinski definition) is 2. The van der Waals surface area contributed by atoms with E-state index < -0.39 is 15.7 Å². The maximum Gasteiger partial charge on any atom is 0.225 e. The normalized spacial score (nSPS) is 11.0. The van der Waals surface area contributed by atoms with Crippen molar-refractivity contribution in [3.05, 3.63) is 53.6 Å². The highest BCUT2D eigenvalue weighted by molar-refractivity contribution is 7.91. The van der Waals surface area contributed by atoms with Gasteiger partial charge in [0.05, 0.1) is 21.4 Å². The molecule has 2 amide bonds. The number of halogens is 1. The molecule has 0 saturated carbocycles. The standard InChI is InChI=1S/C17H17ClN2O4S/c1-12(21)19-13-6-8-14(9-7-13)25(23,24)11-10-17(22)20-16-5-3-2-4-15(16)18/h2-9H,10-11H2,1H3,(H,19,21)(H,20,22). The van der Waals surface area contributed by atoms with Gasteiger partial charge in [-0.3, -0.25) is 9.59 Å². The molecule has 132 valence electrons. The average Bonchev–Trinajstić information content (AvgIpc) is 2.55. The van der Waals surface area contributed by atoms with Gasteiger partial charge in [0.1, 0.15) is 0 Å². The molecule has 8 heteroatoms. The summed E-state index contributed by atoms with van der Waals surface area (Å²) in [6, 6.07) is 12.5. The van der Waals surface area contributed by atoms with Gasteiger partial charge in [-0.1, -0.05) is 23.7 Å². The van der Waals surface area contributed by atoms with E-state index in [0.29, 0.717) is 16.4 Å². The third-order valence-electron chi connectivity index (χ3n) is 3.28. The highest BCUT2D eigenvalue weighted by Crippen LogP contribution is 2.21. The lowest BCUT2D eigenvalue weighted by Gasteiger charge is -2.08. The minimum atomic E-state index is -3.61. The molecule has 0 aliphatic heterocycles. The van der Waals surface area contributed by atoms with E-state index in [1.165, 1.54) is 31.2 Å². The van der Waals surface area contributed by atoms with Gasteiger partial charge in [-0.05, 0) is 36.4 Å². The average molecular weight is 381 g/mol. The van der Waals surface area contributed by atoms with Crippen LogP contribution < -0.4 is 10.6 Å². The van der Waals surface area contributed by atoms with E-state index in [1.807, 2.05) is 0 Å². The first kappa shape index (κ1) is 19.0. The number of carbonyl (C=O) groups is 2. The van der Waals surface area contributed by atoms with Crippen molar-refractivity contribution in [3.8, 4) is 0 Å². The van der Waals surface area contributed by atoms with Crippen molar-refractivity contribution in [1.82, 2.24) is 0 Å². The highest BCUT2D eigenvalue weighted by atomic mass is 35.5. The molecule has 0 fully saturated rings. The number of sulfone groups is 1. The Morgan fingerprint density at radius 3 is 2.24 bits per heavy atom. The molecule has 2 rings (SSSR count). The van der Waals surface area contributed by atoms with Crippen molar-refractivity contribution >= 4 is 44.6 Å². The van der Waals surface area contributed by atoms with E-state index in [1.54, 1.807) is 24.3 Å². The molecule has 0 heterocycles. The van der Waals surface area contributed by atoms with Crippen molar-refractivity contribution in [2.75, 3.05) is 16.4 Å². The first-order valence-corrected chi connectivity index (χ1v) is 9.46. The Morgan fingerprint density at radius 2 is 1.64 bits per heavy atom. The summed E-state index contributed by atoms with van der Waals surface area (Å²) in [6.45, 7) is 1.36. The maximum atomic E-state index is 12.3. The van der Waals surface area contributed by atoms with E-state index in [4.69, 9.17) is 11.6 Å². The van der Waals surface area contributed by atoms with E-state index >= 15 is 0 Å². The van der Waals surface area contributed by atoms with E-state index in [9.17, 15) is 18.0 Å². The summed E-state index contributed by atoms with van der Waals surface area (Å²) >= 11 is 5.94. The van der Waals surface area contributed by atoms with Crippen molar-refractivity contribution in [2.24, 2.45) is 0 Å². The van der Waals surface area contributed by atoms with Gasteiger partial charge in [-0.25, -0.2) is 8.42 Å². The van der Waals surface area contributed by atoms with Crippen molar-refractivity contribution in [1.29, 1.82) is 0 Å². The largest absolute Gasteiger partial charge is 0.326 e. The molecule has 25 heavy (non-hydrogen) atoms. The smallest absolute Gasteiger partial charge is 0.225 e. The monoisotopic (exact) mass is 380 g/mol.